The molecule has 0 radical (unpaired) electrons. The highest BCUT2D eigenvalue weighted by Gasteiger charge is 2.13. The minimum atomic E-state index is -0.917. The van der Waals surface area contributed by atoms with Crippen molar-refractivity contribution in [3.05, 3.63) is 54.1 Å². The quantitative estimate of drug-likeness (QED) is 0.667. The zero-order chi connectivity index (χ0) is 11.8. The van der Waals surface area contributed by atoms with E-state index in [9.17, 15) is 9.90 Å². The Morgan fingerprint density at radius 3 is 1.68 bits per heavy atom. The number of hydrogen-bond donors (Lipinski definition) is 1. The fraction of sp³-hybridized carbons (Fsp3) is 0. The van der Waals surface area contributed by atoms with Crippen LogP contribution in [0.25, 0.3) is 21.8 Å². The van der Waals surface area contributed by atoms with Crippen molar-refractivity contribution in [1.82, 2.24) is 4.98 Å². The maximum absolute atomic E-state index is 11.4. The Balaban J connectivity index is 0.000000902. The van der Waals surface area contributed by atoms with Crippen LogP contribution in [-0.4, -0.2) is 27.0 Å². The summed E-state index contributed by atoms with van der Waals surface area (Å²) in [5, 5.41) is 10.7. The van der Waals surface area contributed by atoms with Gasteiger partial charge in [-0.3, -0.25) is 0 Å². The van der Waals surface area contributed by atoms with Crippen LogP contribution in [0, 0.1) is 0 Å². The Hall–Kier alpha value is -2.50. The third kappa shape index (κ3) is 2.24. The third-order valence-electron chi connectivity index (χ3n) is 2.80. The van der Waals surface area contributed by atoms with Gasteiger partial charge in [-0.2, -0.15) is 0 Å². The molecular formula is C14H13NO4. The van der Waals surface area contributed by atoms with Crippen molar-refractivity contribution in [1.29, 1.82) is 0 Å². The SMILES string of the molecule is O.O.O=C(O)c1c2ccccc2nc2ccccc12. The molecule has 0 amide bonds. The Kier molecular flexibility index (Phi) is 4.16. The van der Waals surface area contributed by atoms with Crippen molar-refractivity contribution in [2.45, 2.75) is 0 Å². The van der Waals surface area contributed by atoms with E-state index in [1.165, 1.54) is 0 Å². The van der Waals surface area contributed by atoms with Crippen LogP contribution >= 0.6 is 0 Å². The Bertz CT molecular complexity index is 686. The number of aromatic nitrogens is 1. The second kappa shape index (κ2) is 5.43. The van der Waals surface area contributed by atoms with Gasteiger partial charge >= 0.3 is 5.97 Å². The molecule has 0 saturated heterocycles. The molecule has 19 heavy (non-hydrogen) atoms. The maximum atomic E-state index is 11.4. The molecule has 5 nitrogen and oxygen atoms in total. The van der Waals surface area contributed by atoms with Crippen molar-refractivity contribution < 1.29 is 20.9 Å². The molecule has 3 aromatic rings. The van der Waals surface area contributed by atoms with Gasteiger partial charge in [0.1, 0.15) is 0 Å². The molecule has 0 spiro atoms. The van der Waals surface area contributed by atoms with Crippen molar-refractivity contribution >= 4 is 27.8 Å². The van der Waals surface area contributed by atoms with Crippen molar-refractivity contribution in [2.24, 2.45) is 0 Å². The number of fused-ring (bicyclic) bond motifs is 2. The molecule has 0 aliphatic rings. The Labute approximate surface area is 108 Å². The summed E-state index contributed by atoms with van der Waals surface area (Å²) >= 11 is 0. The van der Waals surface area contributed by atoms with Crippen LogP contribution in [0.15, 0.2) is 48.5 Å². The molecule has 0 saturated carbocycles. The lowest BCUT2D eigenvalue weighted by Crippen LogP contribution is -2.00. The molecule has 0 unspecified atom stereocenters. The first-order chi connectivity index (χ1) is 8.27. The number of carboxylic acids is 1. The number of aromatic carboxylic acids is 1. The number of nitrogens with zero attached hydrogens (tertiary/aromatic N) is 1. The van der Waals surface area contributed by atoms with Crippen LogP contribution in [0.2, 0.25) is 0 Å². The van der Waals surface area contributed by atoms with Crippen LogP contribution in [0.1, 0.15) is 10.4 Å². The zero-order valence-corrected chi connectivity index (χ0v) is 9.92. The van der Waals surface area contributed by atoms with Gasteiger partial charge in [0.15, 0.2) is 0 Å². The van der Waals surface area contributed by atoms with E-state index < -0.39 is 5.97 Å². The fourth-order valence-electron chi connectivity index (χ4n) is 2.07. The second-order valence-corrected chi connectivity index (χ2v) is 3.83. The van der Waals surface area contributed by atoms with E-state index in [0.717, 1.165) is 0 Å². The second-order valence-electron chi connectivity index (χ2n) is 3.83. The van der Waals surface area contributed by atoms with Gasteiger partial charge in [-0.25, -0.2) is 9.78 Å². The molecule has 5 heteroatoms. The summed E-state index contributed by atoms with van der Waals surface area (Å²) < 4.78 is 0. The first kappa shape index (κ1) is 14.6. The van der Waals surface area contributed by atoms with Gasteiger partial charge < -0.3 is 16.1 Å². The first-order valence-corrected chi connectivity index (χ1v) is 5.28. The normalized spacial score (nSPS) is 9.68. The Morgan fingerprint density at radius 1 is 0.842 bits per heavy atom. The van der Waals surface area contributed by atoms with Gasteiger partial charge in [0, 0.05) is 10.8 Å². The molecule has 0 aliphatic carbocycles. The lowest BCUT2D eigenvalue weighted by atomic mass is 10.0. The lowest BCUT2D eigenvalue weighted by molar-refractivity contribution is 0.0701. The van der Waals surface area contributed by atoms with Crippen LogP contribution < -0.4 is 0 Å². The highest BCUT2D eigenvalue weighted by atomic mass is 16.4. The van der Waals surface area contributed by atoms with Gasteiger partial charge in [0.2, 0.25) is 0 Å². The molecule has 0 bridgehead atoms. The predicted molar refractivity (Wildman–Crippen MR) is 73.4 cm³/mol. The van der Waals surface area contributed by atoms with Crippen molar-refractivity contribution in [3.63, 3.8) is 0 Å². The average molecular weight is 259 g/mol. The zero-order valence-electron chi connectivity index (χ0n) is 9.92. The van der Waals surface area contributed by atoms with Gasteiger partial charge in [0.05, 0.1) is 16.6 Å². The molecular weight excluding hydrogens is 246 g/mol. The third-order valence-corrected chi connectivity index (χ3v) is 2.80. The predicted octanol–water partition coefficient (Wildman–Crippen LogP) is 1.44. The molecule has 0 fully saturated rings. The average Bonchev–Trinajstić information content (AvgIpc) is 2.35. The highest BCUT2D eigenvalue weighted by Crippen LogP contribution is 2.25. The summed E-state index contributed by atoms with van der Waals surface area (Å²) in [5.41, 5.74) is 1.75. The number of pyridine rings is 1. The van der Waals surface area contributed by atoms with E-state index in [2.05, 4.69) is 4.98 Å². The van der Waals surface area contributed by atoms with E-state index in [1.54, 1.807) is 12.1 Å². The molecule has 98 valence electrons. The molecule has 1 aromatic heterocycles. The molecule has 2 aromatic carbocycles. The van der Waals surface area contributed by atoms with E-state index in [-0.39, 0.29) is 11.0 Å². The smallest absolute Gasteiger partial charge is 0.337 e. The highest BCUT2D eigenvalue weighted by molar-refractivity contribution is 6.13. The van der Waals surface area contributed by atoms with E-state index in [0.29, 0.717) is 27.4 Å². The lowest BCUT2D eigenvalue weighted by Gasteiger charge is -2.06. The largest absolute Gasteiger partial charge is 0.478 e. The minimum Gasteiger partial charge on any atom is -0.478 e. The summed E-state index contributed by atoms with van der Waals surface area (Å²) in [4.78, 5) is 15.9. The monoisotopic (exact) mass is 259 g/mol. The fourth-order valence-corrected chi connectivity index (χ4v) is 2.07. The Morgan fingerprint density at radius 2 is 1.26 bits per heavy atom. The molecule has 0 atom stereocenters. The van der Waals surface area contributed by atoms with Gasteiger partial charge in [0.25, 0.3) is 0 Å². The van der Waals surface area contributed by atoms with Crippen LogP contribution in [0.5, 0.6) is 0 Å². The van der Waals surface area contributed by atoms with Crippen molar-refractivity contribution in [3.8, 4) is 0 Å². The van der Waals surface area contributed by atoms with E-state index in [4.69, 9.17) is 0 Å². The number of carbonyl (C=O) groups is 1. The van der Waals surface area contributed by atoms with E-state index >= 15 is 0 Å². The number of hydrogen-bond acceptors (Lipinski definition) is 2. The molecule has 3 rings (SSSR count). The minimum absolute atomic E-state index is 0. The summed E-state index contributed by atoms with van der Waals surface area (Å²) in [7, 11) is 0. The number of rotatable bonds is 1. The molecule has 0 aliphatic heterocycles. The summed E-state index contributed by atoms with van der Waals surface area (Å²) in [5.74, 6) is -0.917. The van der Waals surface area contributed by atoms with Crippen LogP contribution in [0.3, 0.4) is 0 Å². The summed E-state index contributed by atoms with van der Waals surface area (Å²) in [6.45, 7) is 0. The number of para-hydroxylation sites is 2. The number of carboxylic acid groups (broad SMARTS) is 1. The first-order valence-electron chi connectivity index (χ1n) is 5.28. The van der Waals surface area contributed by atoms with E-state index in [1.807, 2.05) is 36.4 Å². The standard InChI is InChI=1S/C14H9NO2.2H2O/c16-14(17)13-9-5-1-3-7-11(9)15-12-8-4-2-6-10(12)13;;/h1-8H,(H,16,17);2*1H2. The van der Waals surface area contributed by atoms with Crippen molar-refractivity contribution in [2.75, 3.05) is 0 Å². The van der Waals surface area contributed by atoms with Gasteiger partial charge in [-0.05, 0) is 12.1 Å². The number of benzene rings is 2. The van der Waals surface area contributed by atoms with Gasteiger partial charge in [-0.15, -0.1) is 0 Å². The van der Waals surface area contributed by atoms with Crippen LogP contribution in [0.4, 0.5) is 0 Å². The van der Waals surface area contributed by atoms with Gasteiger partial charge in [-0.1, -0.05) is 36.4 Å². The molecule has 5 N–H and O–H groups in total. The summed E-state index contributed by atoms with van der Waals surface area (Å²) in [6.07, 6.45) is 0. The maximum Gasteiger partial charge on any atom is 0.337 e. The topological polar surface area (TPSA) is 113 Å². The molecule has 1 heterocycles. The summed E-state index contributed by atoms with van der Waals surface area (Å²) in [6, 6.07) is 14.6. The van der Waals surface area contributed by atoms with Crippen LogP contribution in [-0.2, 0) is 0 Å².